The van der Waals surface area contributed by atoms with Gasteiger partial charge in [0.05, 0.1) is 11.1 Å². The van der Waals surface area contributed by atoms with E-state index in [0.29, 0.717) is 0 Å². The Morgan fingerprint density at radius 1 is 0.675 bits per heavy atom. The molecule has 40 heavy (non-hydrogen) atoms. The van der Waals surface area contributed by atoms with E-state index in [1.165, 1.54) is 36.4 Å². The van der Waals surface area contributed by atoms with Crippen molar-refractivity contribution in [2.75, 3.05) is 6.54 Å². The Kier molecular flexibility index (Phi) is 10.9. The summed E-state index contributed by atoms with van der Waals surface area (Å²) >= 11 is 0. The summed E-state index contributed by atoms with van der Waals surface area (Å²) in [5, 5.41) is 4.89. The van der Waals surface area contributed by atoms with Crippen LogP contribution >= 0.6 is 0 Å². The van der Waals surface area contributed by atoms with E-state index in [-0.39, 0.29) is 47.1 Å². The maximum absolute atomic E-state index is 13.0. The second kappa shape index (κ2) is 14.0. The minimum atomic E-state index is -1.30. The first-order chi connectivity index (χ1) is 18.8. The number of carbonyl (C=O) groups is 7. The first kappa shape index (κ1) is 31.0. The standard InChI is InChI=1S/C26H27N3O11/c1-13(30)37-20-9-5-7-17(22(20)39-15(3)32)25(35)28-12-11-19(24(27)34)29-26(36)18-8-6-10-21(38-14(2)31)23(18)40-16(4)33/h5-10,19H,11-12H2,1-4H3,(H2,27,34)(H,28,35)(H,29,36). The van der Waals surface area contributed by atoms with E-state index < -0.39 is 47.6 Å². The molecule has 0 aromatic heterocycles. The molecule has 2 aromatic rings. The van der Waals surface area contributed by atoms with Crippen LogP contribution in [-0.4, -0.2) is 54.2 Å². The van der Waals surface area contributed by atoms with Crippen LogP contribution in [0.3, 0.4) is 0 Å². The molecule has 0 heterocycles. The summed E-state index contributed by atoms with van der Waals surface area (Å²) in [6.07, 6.45) is -0.175. The van der Waals surface area contributed by atoms with Crippen molar-refractivity contribution in [3.63, 3.8) is 0 Å². The van der Waals surface area contributed by atoms with Crippen molar-refractivity contribution in [1.29, 1.82) is 0 Å². The molecular weight excluding hydrogens is 530 g/mol. The normalized spacial score (nSPS) is 10.9. The molecule has 1 unspecified atom stereocenters. The van der Waals surface area contributed by atoms with Gasteiger partial charge in [0.1, 0.15) is 6.04 Å². The highest BCUT2D eigenvalue weighted by Gasteiger charge is 2.25. The topological polar surface area (TPSA) is 206 Å². The zero-order valence-electron chi connectivity index (χ0n) is 22.0. The van der Waals surface area contributed by atoms with Gasteiger partial charge in [0.15, 0.2) is 23.0 Å². The van der Waals surface area contributed by atoms with Gasteiger partial charge in [-0.05, 0) is 30.7 Å². The molecule has 4 N–H and O–H groups in total. The minimum Gasteiger partial charge on any atom is -0.423 e. The monoisotopic (exact) mass is 557 g/mol. The fourth-order valence-corrected chi connectivity index (χ4v) is 3.30. The Labute approximate surface area is 228 Å². The van der Waals surface area contributed by atoms with Crippen molar-refractivity contribution < 1.29 is 52.5 Å². The zero-order chi connectivity index (χ0) is 30.0. The van der Waals surface area contributed by atoms with Gasteiger partial charge in [0.2, 0.25) is 5.91 Å². The van der Waals surface area contributed by atoms with Crippen LogP contribution < -0.4 is 35.3 Å². The van der Waals surface area contributed by atoms with E-state index in [9.17, 15) is 33.6 Å². The number of nitrogens with two attached hydrogens (primary N) is 1. The number of benzene rings is 2. The molecule has 0 aliphatic rings. The van der Waals surface area contributed by atoms with Gasteiger partial charge < -0.3 is 35.3 Å². The lowest BCUT2D eigenvalue weighted by atomic mass is 10.1. The number of esters is 4. The smallest absolute Gasteiger partial charge is 0.308 e. The second-order valence-electron chi connectivity index (χ2n) is 8.11. The molecular formula is C26H27N3O11. The first-order valence-electron chi connectivity index (χ1n) is 11.7. The number of rotatable bonds is 11. The predicted octanol–water partition coefficient (Wildman–Crippen LogP) is 0.792. The van der Waals surface area contributed by atoms with Gasteiger partial charge in [-0.3, -0.25) is 33.6 Å². The molecule has 14 heteroatoms. The van der Waals surface area contributed by atoms with Crippen molar-refractivity contribution in [1.82, 2.24) is 10.6 Å². The summed E-state index contributed by atoms with van der Waals surface area (Å²) in [6, 6.07) is 6.69. The molecule has 0 radical (unpaired) electrons. The summed E-state index contributed by atoms with van der Waals surface area (Å²) in [5.41, 5.74) is 5.06. The third kappa shape index (κ3) is 8.93. The van der Waals surface area contributed by atoms with E-state index in [1.54, 1.807) is 0 Å². The van der Waals surface area contributed by atoms with Crippen molar-refractivity contribution in [2.24, 2.45) is 5.73 Å². The number of primary amides is 1. The van der Waals surface area contributed by atoms with E-state index >= 15 is 0 Å². The van der Waals surface area contributed by atoms with Gasteiger partial charge in [-0.1, -0.05) is 12.1 Å². The van der Waals surface area contributed by atoms with E-state index in [4.69, 9.17) is 24.7 Å². The zero-order valence-corrected chi connectivity index (χ0v) is 22.0. The maximum atomic E-state index is 13.0. The van der Waals surface area contributed by atoms with Crippen LogP contribution in [0.2, 0.25) is 0 Å². The lowest BCUT2D eigenvalue weighted by molar-refractivity contribution is -0.134. The summed E-state index contributed by atoms with van der Waals surface area (Å²) in [5.74, 6) is -6.55. The van der Waals surface area contributed by atoms with Crippen LogP contribution in [0, 0.1) is 0 Å². The summed E-state index contributed by atoms with van der Waals surface area (Å²) in [4.78, 5) is 83.7. The summed E-state index contributed by atoms with van der Waals surface area (Å²) in [7, 11) is 0. The first-order valence-corrected chi connectivity index (χ1v) is 11.7. The van der Waals surface area contributed by atoms with Crippen LogP contribution in [0.4, 0.5) is 0 Å². The van der Waals surface area contributed by atoms with E-state index in [2.05, 4.69) is 10.6 Å². The second-order valence-corrected chi connectivity index (χ2v) is 8.11. The highest BCUT2D eigenvalue weighted by Crippen LogP contribution is 2.33. The Bertz CT molecular complexity index is 1350. The molecule has 3 amide bonds. The quantitative estimate of drug-likeness (QED) is 0.260. The fourth-order valence-electron chi connectivity index (χ4n) is 3.30. The highest BCUT2D eigenvalue weighted by molar-refractivity contribution is 6.01. The number of nitrogens with one attached hydrogen (secondary N) is 2. The molecule has 0 aliphatic heterocycles. The molecule has 0 bridgehead atoms. The van der Waals surface area contributed by atoms with Crippen LogP contribution in [0.15, 0.2) is 36.4 Å². The summed E-state index contributed by atoms with van der Waals surface area (Å²) < 4.78 is 20.1. The molecule has 0 saturated carbocycles. The number of carbonyl (C=O) groups excluding carboxylic acids is 7. The van der Waals surface area contributed by atoms with Crippen LogP contribution in [0.5, 0.6) is 23.0 Å². The molecule has 2 aromatic carbocycles. The number of amides is 3. The van der Waals surface area contributed by atoms with Gasteiger partial charge in [-0.2, -0.15) is 0 Å². The van der Waals surface area contributed by atoms with Crippen molar-refractivity contribution in [2.45, 2.75) is 40.2 Å². The van der Waals surface area contributed by atoms with Crippen LogP contribution in [0.25, 0.3) is 0 Å². The molecule has 2 rings (SSSR count). The van der Waals surface area contributed by atoms with Crippen molar-refractivity contribution >= 4 is 41.6 Å². The highest BCUT2D eigenvalue weighted by atomic mass is 16.6. The van der Waals surface area contributed by atoms with E-state index in [0.717, 1.165) is 27.7 Å². The van der Waals surface area contributed by atoms with Gasteiger partial charge in [-0.15, -0.1) is 0 Å². The van der Waals surface area contributed by atoms with Gasteiger partial charge in [0, 0.05) is 34.2 Å². The predicted molar refractivity (Wildman–Crippen MR) is 136 cm³/mol. The number of hydrogen-bond donors (Lipinski definition) is 3. The van der Waals surface area contributed by atoms with Crippen molar-refractivity contribution in [3.05, 3.63) is 47.5 Å². The fraction of sp³-hybridized carbons (Fsp3) is 0.269. The third-order valence-electron chi connectivity index (χ3n) is 4.81. The minimum absolute atomic E-state index is 0.137. The molecule has 0 fully saturated rings. The largest absolute Gasteiger partial charge is 0.423 e. The Morgan fingerprint density at radius 3 is 1.50 bits per heavy atom. The average Bonchev–Trinajstić information content (AvgIpc) is 2.84. The Balaban J connectivity index is 2.19. The molecule has 212 valence electrons. The molecule has 0 spiro atoms. The van der Waals surface area contributed by atoms with Crippen molar-refractivity contribution in [3.8, 4) is 23.0 Å². The molecule has 0 aliphatic carbocycles. The van der Waals surface area contributed by atoms with Gasteiger partial charge in [-0.25, -0.2) is 0 Å². The van der Waals surface area contributed by atoms with Gasteiger partial charge in [0.25, 0.3) is 11.8 Å². The summed E-state index contributed by atoms with van der Waals surface area (Å²) in [6.45, 7) is 4.24. The Hall–Kier alpha value is -5.27. The maximum Gasteiger partial charge on any atom is 0.308 e. The molecule has 1 atom stereocenters. The Morgan fingerprint density at radius 2 is 1.10 bits per heavy atom. The lowest BCUT2D eigenvalue weighted by Crippen LogP contribution is -2.46. The van der Waals surface area contributed by atoms with Gasteiger partial charge >= 0.3 is 23.9 Å². The van der Waals surface area contributed by atoms with Crippen LogP contribution in [0.1, 0.15) is 54.8 Å². The average molecular weight is 558 g/mol. The number of hydrogen-bond acceptors (Lipinski definition) is 11. The number of para-hydroxylation sites is 2. The van der Waals surface area contributed by atoms with E-state index in [1.807, 2.05) is 0 Å². The lowest BCUT2D eigenvalue weighted by Gasteiger charge is -2.18. The third-order valence-corrected chi connectivity index (χ3v) is 4.81. The van der Waals surface area contributed by atoms with Crippen LogP contribution in [-0.2, 0) is 24.0 Å². The number of ether oxygens (including phenoxy) is 4. The molecule has 14 nitrogen and oxygen atoms in total. The SMILES string of the molecule is CC(=O)Oc1cccc(C(=O)NCCC(NC(=O)c2cccc(OC(C)=O)c2OC(C)=O)C(N)=O)c1OC(C)=O. The molecule has 0 saturated heterocycles.